The van der Waals surface area contributed by atoms with E-state index in [1.54, 1.807) is 0 Å². The normalized spacial score (nSPS) is 25.6. The number of rotatable bonds is 4. The quantitative estimate of drug-likeness (QED) is 0.758. The van der Waals surface area contributed by atoms with Crippen LogP contribution in [0.25, 0.3) is 0 Å². The van der Waals surface area contributed by atoms with Crippen molar-refractivity contribution in [3.8, 4) is 0 Å². The highest BCUT2D eigenvalue weighted by Crippen LogP contribution is 2.18. The first-order valence-corrected chi connectivity index (χ1v) is 6.00. The molecular formula is C11H18F3NO3. The summed E-state index contributed by atoms with van der Waals surface area (Å²) in [7, 11) is 0. The molecule has 0 spiro atoms. The van der Waals surface area contributed by atoms with Gasteiger partial charge in [-0.05, 0) is 12.8 Å². The van der Waals surface area contributed by atoms with Gasteiger partial charge in [-0.15, -0.1) is 0 Å². The van der Waals surface area contributed by atoms with Gasteiger partial charge in [0.05, 0.1) is 12.1 Å². The third kappa shape index (κ3) is 6.20. The molecule has 2 N–H and O–H groups in total. The first-order valence-electron chi connectivity index (χ1n) is 6.00. The van der Waals surface area contributed by atoms with Crippen molar-refractivity contribution in [2.24, 2.45) is 0 Å². The Hall–Kier alpha value is -0.820. The number of alkyl halides is 3. The van der Waals surface area contributed by atoms with Crippen molar-refractivity contribution in [1.82, 2.24) is 5.32 Å². The van der Waals surface area contributed by atoms with E-state index in [1.165, 1.54) is 0 Å². The van der Waals surface area contributed by atoms with E-state index >= 15 is 0 Å². The standard InChI is InChI=1S/C11H18F3NO3/c12-11(13,14)7-18-6-10(17)15-8-4-2-1-3-5-9(8)16/h8-9,16H,1-7H2,(H,15,17). The summed E-state index contributed by atoms with van der Waals surface area (Å²) in [6.07, 6.45) is -1.01. The summed E-state index contributed by atoms with van der Waals surface area (Å²) in [4.78, 5) is 11.3. The van der Waals surface area contributed by atoms with Crippen molar-refractivity contribution in [3.05, 3.63) is 0 Å². The fraction of sp³-hybridized carbons (Fsp3) is 0.909. The molecule has 0 saturated heterocycles. The molecule has 106 valence electrons. The number of ether oxygens (including phenoxy) is 1. The summed E-state index contributed by atoms with van der Waals surface area (Å²) in [5, 5.41) is 12.2. The Labute approximate surface area is 103 Å². The van der Waals surface area contributed by atoms with Crippen LogP contribution in [0.3, 0.4) is 0 Å². The predicted molar refractivity (Wildman–Crippen MR) is 57.9 cm³/mol. The summed E-state index contributed by atoms with van der Waals surface area (Å²) in [5.74, 6) is -0.620. The van der Waals surface area contributed by atoms with Crippen LogP contribution >= 0.6 is 0 Å². The number of aliphatic hydroxyl groups excluding tert-OH is 1. The molecule has 0 radical (unpaired) electrons. The monoisotopic (exact) mass is 269 g/mol. The zero-order valence-corrected chi connectivity index (χ0v) is 10.0. The minimum Gasteiger partial charge on any atom is -0.391 e. The zero-order valence-electron chi connectivity index (χ0n) is 10.0. The van der Waals surface area contributed by atoms with Gasteiger partial charge in [-0.3, -0.25) is 4.79 Å². The van der Waals surface area contributed by atoms with Crippen molar-refractivity contribution >= 4 is 5.91 Å². The van der Waals surface area contributed by atoms with Gasteiger partial charge in [0.2, 0.25) is 5.91 Å². The number of carbonyl (C=O) groups is 1. The second kappa shape index (κ2) is 6.94. The third-order valence-corrected chi connectivity index (χ3v) is 2.82. The highest BCUT2D eigenvalue weighted by molar-refractivity contribution is 5.77. The number of amides is 1. The van der Waals surface area contributed by atoms with E-state index in [0.29, 0.717) is 12.8 Å². The van der Waals surface area contributed by atoms with Gasteiger partial charge >= 0.3 is 6.18 Å². The molecule has 0 aromatic heterocycles. The summed E-state index contributed by atoms with van der Waals surface area (Å²) in [6.45, 7) is -2.07. The van der Waals surface area contributed by atoms with Crippen LogP contribution in [0, 0.1) is 0 Å². The topological polar surface area (TPSA) is 58.6 Å². The zero-order chi connectivity index (χ0) is 13.6. The van der Waals surface area contributed by atoms with E-state index in [-0.39, 0.29) is 6.04 Å². The maximum atomic E-state index is 11.8. The number of hydrogen-bond acceptors (Lipinski definition) is 3. The number of carbonyl (C=O) groups excluding carboxylic acids is 1. The molecule has 1 aliphatic carbocycles. The van der Waals surface area contributed by atoms with Crippen LogP contribution in [0.4, 0.5) is 13.2 Å². The Kier molecular flexibility index (Phi) is 5.87. The SMILES string of the molecule is O=C(COCC(F)(F)F)NC1CCCCCC1O. The van der Waals surface area contributed by atoms with Crippen molar-refractivity contribution in [1.29, 1.82) is 0 Å². The number of aliphatic hydroxyl groups is 1. The Morgan fingerprint density at radius 1 is 1.28 bits per heavy atom. The Morgan fingerprint density at radius 3 is 2.61 bits per heavy atom. The van der Waals surface area contributed by atoms with E-state index < -0.39 is 31.4 Å². The van der Waals surface area contributed by atoms with Gasteiger partial charge in [0.1, 0.15) is 13.2 Å². The second-order valence-corrected chi connectivity index (χ2v) is 4.49. The molecule has 18 heavy (non-hydrogen) atoms. The lowest BCUT2D eigenvalue weighted by atomic mass is 10.1. The molecule has 7 heteroatoms. The molecule has 4 nitrogen and oxygen atoms in total. The van der Waals surface area contributed by atoms with Crippen molar-refractivity contribution in [3.63, 3.8) is 0 Å². The van der Waals surface area contributed by atoms with Gasteiger partial charge in [0, 0.05) is 0 Å². The van der Waals surface area contributed by atoms with Crippen LogP contribution in [0.15, 0.2) is 0 Å². The lowest BCUT2D eigenvalue weighted by molar-refractivity contribution is -0.175. The van der Waals surface area contributed by atoms with Crippen LogP contribution in [0.5, 0.6) is 0 Å². The average molecular weight is 269 g/mol. The Morgan fingerprint density at radius 2 is 1.94 bits per heavy atom. The highest BCUT2D eigenvalue weighted by atomic mass is 19.4. The van der Waals surface area contributed by atoms with Crippen molar-refractivity contribution < 1.29 is 27.8 Å². The molecule has 1 amide bonds. The largest absolute Gasteiger partial charge is 0.411 e. The van der Waals surface area contributed by atoms with E-state index in [0.717, 1.165) is 19.3 Å². The Balaban J connectivity index is 2.26. The molecule has 0 bridgehead atoms. The predicted octanol–water partition coefficient (Wildman–Crippen LogP) is 1.38. The lowest BCUT2D eigenvalue weighted by Crippen LogP contribution is -2.44. The van der Waals surface area contributed by atoms with Crippen LogP contribution in [-0.4, -0.2) is 42.5 Å². The first-order chi connectivity index (χ1) is 8.38. The van der Waals surface area contributed by atoms with Gasteiger partial charge in [-0.25, -0.2) is 0 Å². The molecule has 0 aromatic carbocycles. The lowest BCUT2D eigenvalue weighted by Gasteiger charge is -2.21. The van der Waals surface area contributed by atoms with Gasteiger partial charge in [-0.2, -0.15) is 13.2 Å². The molecule has 1 aliphatic rings. The molecule has 1 fully saturated rings. The van der Waals surface area contributed by atoms with Crippen LogP contribution < -0.4 is 5.32 Å². The first kappa shape index (κ1) is 15.2. The highest BCUT2D eigenvalue weighted by Gasteiger charge is 2.28. The molecular weight excluding hydrogens is 251 g/mol. The molecule has 2 atom stereocenters. The minimum atomic E-state index is -4.43. The fourth-order valence-electron chi connectivity index (χ4n) is 1.96. The smallest absolute Gasteiger partial charge is 0.391 e. The van der Waals surface area contributed by atoms with Crippen molar-refractivity contribution in [2.75, 3.05) is 13.2 Å². The molecule has 1 rings (SSSR count). The number of nitrogens with one attached hydrogen (secondary N) is 1. The van der Waals surface area contributed by atoms with Gasteiger partial charge in [0.15, 0.2) is 0 Å². The molecule has 1 saturated carbocycles. The van der Waals surface area contributed by atoms with E-state index in [9.17, 15) is 23.1 Å². The summed E-state index contributed by atoms with van der Waals surface area (Å²) < 4.78 is 39.6. The average Bonchev–Trinajstić information content (AvgIpc) is 2.42. The maximum absolute atomic E-state index is 11.8. The van der Waals surface area contributed by atoms with Crippen LogP contribution in [0.1, 0.15) is 32.1 Å². The molecule has 0 aromatic rings. The molecule has 0 heterocycles. The summed E-state index contributed by atoms with van der Waals surface area (Å²) in [5.41, 5.74) is 0. The van der Waals surface area contributed by atoms with Gasteiger partial charge < -0.3 is 15.2 Å². The maximum Gasteiger partial charge on any atom is 0.411 e. The number of halogens is 3. The molecule has 2 unspecified atom stereocenters. The van der Waals surface area contributed by atoms with E-state index in [4.69, 9.17) is 0 Å². The summed E-state index contributed by atoms with van der Waals surface area (Å²) in [6, 6.07) is -0.380. The van der Waals surface area contributed by atoms with Crippen molar-refractivity contribution in [2.45, 2.75) is 50.4 Å². The molecule has 0 aliphatic heterocycles. The third-order valence-electron chi connectivity index (χ3n) is 2.82. The summed E-state index contributed by atoms with van der Waals surface area (Å²) >= 11 is 0. The minimum absolute atomic E-state index is 0.380. The van der Waals surface area contributed by atoms with Gasteiger partial charge in [-0.1, -0.05) is 19.3 Å². The second-order valence-electron chi connectivity index (χ2n) is 4.49. The van der Waals surface area contributed by atoms with Gasteiger partial charge in [0.25, 0.3) is 0 Å². The van der Waals surface area contributed by atoms with Crippen LogP contribution in [0.2, 0.25) is 0 Å². The van der Waals surface area contributed by atoms with E-state index in [1.807, 2.05) is 0 Å². The Bertz CT molecular complexity index is 271. The fourth-order valence-corrected chi connectivity index (χ4v) is 1.96. The van der Waals surface area contributed by atoms with E-state index in [2.05, 4.69) is 10.1 Å². The number of hydrogen-bond donors (Lipinski definition) is 2. The van der Waals surface area contributed by atoms with Crippen LogP contribution in [-0.2, 0) is 9.53 Å².